The lowest BCUT2D eigenvalue weighted by molar-refractivity contribution is 0.0693. The maximum Gasteiger partial charge on any atom is 0.339 e. The average Bonchev–Trinajstić information content (AvgIpc) is 3.31. The number of hydrogen-bond acceptors (Lipinski definition) is 4. The van der Waals surface area contributed by atoms with E-state index in [1.54, 1.807) is 24.3 Å². The van der Waals surface area contributed by atoms with Gasteiger partial charge < -0.3 is 15.3 Å². The van der Waals surface area contributed by atoms with Crippen molar-refractivity contribution >= 4 is 11.8 Å². The number of ketones is 1. The van der Waals surface area contributed by atoms with Crippen LogP contribution in [-0.2, 0) is 12.8 Å². The molecule has 0 aliphatic carbocycles. The van der Waals surface area contributed by atoms with E-state index in [9.17, 15) is 24.9 Å². The highest BCUT2D eigenvalue weighted by Crippen LogP contribution is 2.43. The highest BCUT2D eigenvalue weighted by atomic mass is 16.4. The van der Waals surface area contributed by atoms with Gasteiger partial charge in [-0.15, -0.1) is 0 Å². The van der Waals surface area contributed by atoms with Crippen molar-refractivity contribution in [2.24, 2.45) is 0 Å². The van der Waals surface area contributed by atoms with E-state index in [1.807, 2.05) is 6.07 Å². The van der Waals surface area contributed by atoms with Gasteiger partial charge >= 0.3 is 5.97 Å². The summed E-state index contributed by atoms with van der Waals surface area (Å²) in [7, 11) is 0. The Hall–Kier alpha value is -6.72. The number of carbonyl (C=O) groups excluding carboxylic acids is 1. The van der Waals surface area contributed by atoms with E-state index in [4.69, 9.17) is 0 Å². The average molecular weight is 933 g/mol. The lowest BCUT2D eigenvalue weighted by Gasteiger charge is -2.22. The summed E-state index contributed by atoms with van der Waals surface area (Å²) in [5.74, 6) is -1.52. The molecule has 7 aromatic carbocycles. The molecule has 5 heteroatoms. The third kappa shape index (κ3) is 10.8. The van der Waals surface area contributed by atoms with E-state index in [0.717, 1.165) is 70.2 Å². The first-order valence-corrected chi connectivity index (χ1v) is 25.4. The van der Waals surface area contributed by atoms with Crippen LogP contribution in [0.5, 0.6) is 11.5 Å². The van der Waals surface area contributed by atoms with E-state index in [2.05, 4.69) is 130 Å². The van der Waals surface area contributed by atoms with E-state index in [-0.39, 0.29) is 22.8 Å². The number of unbranched alkanes of at least 4 members (excludes halogenated alkanes) is 6. The third-order valence-corrected chi connectivity index (χ3v) is 14.6. The number of carbonyl (C=O) groups is 2. The van der Waals surface area contributed by atoms with Crippen LogP contribution in [0.4, 0.5) is 0 Å². The standard InChI is InChI=1S/C65H72O5/c1-12-14-16-18-20-47-35-62(60-33-43(8)58(31-45(60)10)56-29-39(4)54(27-41(56)6)50-23-25-52(65(69)70)64(68)37-50)48(21-19-17-15-13-2)34-61(47)59-32-42(7)57(30-44(59)9)55-28-38(3)53(26-40(55)5)49-22-24-51(46(11)66)63(67)36-49/h22-37,67-68H,12-21H2,1-11H3,(H,69,70). The highest BCUT2D eigenvalue weighted by Gasteiger charge is 2.21. The number of phenols is 2. The summed E-state index contributed by atoms with van der Waals surface area (Å²) in [5, 5.41) is 30.6. The van der Waals surface area contributed by atoms with Crippen molar-refractivity contribution in [3.8, 4) is 78.3 Å². The molecule has 70 heavy (non-hydrogen) atoms. The van der Waals surface area contributed by atoms with Crippen LogP contribution in [0.2, 0.25) is 0 Å². The summed E-state index contributed by atoms with van der Waals surface area (Å²) in [6.45, 7) is 23.5. The quantitative estimate of drug-likeness (QED) is 0.0589. The van der Waals surface area contributed by atoms with Gasteiger partial charge in [0.2, 0.25) is 0 Å². The number of aryl methyl sites for hydroxylation is 10. The van der Waals surface area contributed by atoms with Crippen molar-refractivity contribution in [1.29, 1.82) is 0 Å². The van der Waals surface area contributed by atoms with Crippen molar-refractivity contribution in [3.05, 3.63) is 164 Å². The van der Waals surface area contributed by atoms with Crippen molar-refractivity contribution in [2.75, 3.05) is 0 Å². The minimum atomic E-state index is -1.15. The molecule has 0 radical (unpaired) electrons. The van der Waals surface area contributed by atoms with Crippen molar-refractivity contribution < 1.29 is 24.9 Å². The number of phenolic OH excluding ortho intramolecular Hbond substituents is 1. The molecule has 0 amide bonds. The summed E-state index contributed by atoms with van der Waals surface area (Å²) in [4.78, 5) is 23.6. The van der Waals surface area contributed by atoms with Gasteiger partial charge in [0.15, 0.2) is 5.78 Å². The fourth-order valence-electron chi connectivity index (χ4n) is 10.6. The Morgan fingerprint density at radius 2 is 0.671 bits per heavy atom. The lowest BCUT2D eigenvalue weighted by Crippen LogP contribution is -2.02. The molecule has 0 saturated carbocycles. The van der Waals surface area contributed by atoms with Gasteiger partial charge in [-0.25, -0.2) is 4.79 Å². The molecule has 0 aliphatic rings. The van der Waals surface area contributed by atoms with Gasteiger partial charge in [-0.05, 0) is 235 Å². The van der Waals surface area contributed by atoms with Crippen LogP contribution >= 0.6 is 0 Å². The van der Waals surface area contributed by atoms with E-state index in [1.165, 1.54) is 129 Å². The van der Waals surface area contributed by atoms with E-state index in [0.29, 0.717) is 5.56 Å². The van der Waals surface area contributed by atoms with Gasteiger partial charge in [-0.3, -0.25) is 4.79 Å². The molecule has 7 aromatic rings. The van der Waals surface area contributed by atoms with Gasteiger partial charge in [-0.2, -0.15) is 0 Å². The van der Waals surface area contributed by atoms with Gasteiger partial charge in [-0.1, -0.05) is 125 Å². The van der Waals surface area contributed by atoms with Crippen LogP contribution in [-0.4, -0.2) is 27.1 Å². The summed E-state index contributed by atoms with van der Waals surface area (Å²) in [6, 6.07) is 33.7. The predicted octanol–water partition coefficient (Wildman–Crippen LogP) is 17.7. The summed E-state index contributed by atoms with van der Waals surface area (Å²) in [6.07, 6.45) is 11.6. The first kappa shape index (κ1) is 51.1. The highest BCUT2D eigenvalue weighted by molar-refractivity contribution is 5.97. The van der Waals surface area contributed by atoms with E-state index >= 15 is 0 Å². The number of rotatable bonds is 18. The minimum Gasteiger partial charge on any atom is -0.507 e. The summed E-state index contributed by atoms with van der Waals surface area (Å²) >= 11 is 0. The molecule has 362 valence electrons. The fraction of sp³-hybridized carbons (Fsp3) is 0.323. The van der Waals surface area contributed by atoms with Gasteiger partial charge in [0, 0.05) is 0 Å². The zero-order valence-corrected chi connectivity index (χ0v) is 43.5. The first-order chi connectivity index (χ1) is 33.4. The Kier molecular flexibility index (Phi) is 16.0. The zero-order chi connectivity index (χ0) is 50.6. The number of aromatic hydroxyl groups is 2. The van der Waals surface area contributed by atoms with Crippen molar-refractivity contribution in [2.45, 2.75) is 140 Å². The van der Waals surface area contributed by atoms with Gasteiger partial charge in [0.25, 0.3) is 0 Å². The second kappa shape index (κ2) is 21.9. The SMILES string of the molecule is CCCCCCc1cc(-c2cc(C)c(-c3cc(C)c(-c4ccc(C(=O)O)c(O)c4)cc3C)cc2C)c(CCCCCC)cc1-c1cc(C)c(-c2cc(C)c(-c3ccc(C(C)=O)c(O)c3)cc2C)cc1C. The minimum absolute atomic E-state index is 0.0107. The molecule has 0 aromatic heterocycles. The topological polar surface area (TPSA) is 94.8 Å². The monoisotopic (exact) mass is 933 g/mol. The molecule has 0 aliphatic heterocycles. The maximum absolute atomic E-state index is 12.0. The second-order valence-corrected chi connectivity index (χ2v) is 20.0. The molecular weight excluding hydrogens is 861 g/mol. The van der Waals surface area contributed by atoms with Crippen LogP contribution in [0.15, 0.2) is 97.1 Å². The molecule has 0 heterocycles. The number of Topliss-reactive ketones (excluding diaryl/α,β-unsaturated/α-hetero) is 1. The van der Waals surface area contributed by atoms with Gasteiger partial charge in [0.1, 0.15) is 17.1 Å². The van der Waals surface area contributed by atoms with Crippen molar-refractivity contribution in [3.63, 3.8) is 0 Å². The Morgan fingerprint density at radius 3 is 0.971 bits per heavy atom. The molecule has 0 saturated heterocycles. The maximum atomic E-state index is 12.0. The normalized spacial score (nSPS) is 11.4. The van der Waals surface area contributed by atoms with Crippen molar-refractivity contribution in [1.82, 2.24) is 0 Å². The zero-order valence-electron chi connectivity index (χ0n) is 43.5. The largest absolute Gasteiger partial charge is 0.507 e. The summed E-state index contributed by atoms with van der Waals surface area (Å²) < 4.78 is 0. The number of hydrogen-bond donors (Lipinski definition) is 3. The Bertz CT molecular complexity index is 2920. The number of aromatic carboxylic acids is 1. The molecule has 5 nitrogen and oxygen atoms in total. The van der Waals surface area contributed by atoms with Crippen LogP contribution < -0.4 is 0 Å². The lowest BCUT2D eigenvalue weighted by atomic mass is 9.82. The second-order valence-electron chi connectivity index (χ2n) is 20.0. The Labute approximate surface area is 417 Å². The Morgan fingerprint density at radius 1 is 0.371 bits per heavy atom. The molecule has 3 N–H and O–H groups in total. The number of carboxylic acids is 1. The third-order valence-electron chi connectivity index (χ3n) is 14.6. The van der Waals surface area contributed by atoms with Crippen LogP contribution in [0.1, 0.15) is 148 Å². The van der Waals surface area contributed by atoms with Crippen LogP contribution in [0.3, 0.4) is 0 Å². The molecule has 0 bridgehead atoms. The van der Waals surface area contributed by atoms with Crippen LogP contribution in [0.25, 0.3) is 66.8 Å². The molecule has 0 atom stereocenters. The first-order valence-electron chi connectivity index (χ1n) is 25.4. The molecular formula is C65H72O5. The Balaban J connectivity index is 1.31. The number of benzene rings is 7. The smallest absolute Gasteiger partial charge is 0.339 e. The molecule has 0 spiro atoms. The van der Waals surface area contributed by atoms with Crippen LogP contribution in [0, 0.1) is 55.4 Å². The fourth-order valence-corrected chi connectivity index (χ4v) is 10.6. The van der Waals surface area contributed by atoms with Gasteiger partial charge in [0.05, 0.1) is 5.56 Å². The summed E-state index contributed by atoms with van der Waals surface area (Å²) in [5.41, 5.74) is 26.2. The molecule has 0 unspecified atom stereocenters. The molecule has 0 fully saturated rings. The number of carboxylic acid groups (broad SMARTS) is 1. The van der Waals surface area contributed by atoms with E-state index < -0.39 is 5.97 Å². The molecule has 7 rings (SSSR count). The predicted molar refractivity (Wildman–Crippen MR) is 293 cm³/mol.